The number of hydrogen-bond donors (Lipinski definition) is 2. The van der Waals surface area contributed by atoms with Gasteiger partial charge in [0.1, 0.15) is 17.5 Å². The largest absolute Gasteiger partial charge is 0.497 e. The quantitative estimate of drug-likeness (QED) is 0.451. The van der Waals surface area contributed by atoms with E-state index in [-0.39, 0.29) is 24.3 Å². The first-order valence-corrected chi connectivity index (χ1v) is 10.3. The summed E-state index contributed by atoms with van der Waals surface area (Å²) >= 11 is 0. The number of amides is 2. The predicted molar refractivity (Wildman–Crippen MR) is 122 cm³/mol. The minimum absolute atomic E-state index is 0.166. The summed E-state index contributed by atoms with van der Waals surface area (Å²) in [4.78, 5) is 25.0. The van der Waals surface area contributed by atoms with Crippen LogP contribution in [0.2, 0.25) is 0 Å². The minimum Gasteiger partial charge on any atom is -0.497 e. The number of carbonyl (C=O) groups excluding carboxylic acids is 2. The van der Waals surface area contributed by atoms with Crippen molar-refractivity contribution in [3.63, 3.8) is 0 Å². The Morgan fingerprint density at radius 2 is 1.84 bits per heavy atom. The molecule has 0 bridgehead atoms. The van der Waals surface area contributed by atoms with Gasteiger partial charge in [0, 0.05) is 0 Å². The van der Waals surface area contributed by atoms with E-state index in [0.29, 0.717) is 12.2 Å². The van der Waals surface area contributed by atoms with Gasteiger partial charge in [0.25, 0.3) is 11.8 Å². The third-order valence-corrected chi connectivity index (χ3v) is 4.67. The molecular formula is C24H31N3O4. The Morgan fingerprint density at radius 1 is 1.10 bits per heavy atom. The molecule has 0 aromatic heterocycles. The SMILES string of the molecule is COc1ccc(/C=N\NC(=O)[C@H](CC(C)C)NC(=O)COc2ccccc2C)c(C)c1. The predicted octanol–water partition coefficient (Wildman–Crippen LogP) is 3.37. The fraction of sp³-hybridized carbons (Fsp3) is 0.375. The first-order chi connectivity index (χ1) is 14.8. The third kappa shape index (κ3) is 7.77. The van der Waals surface area contributed by atoms with Crippen LogP contribution >= 0.6 is 0 Å². The molecule has 0 radical (unpaired) electrons. The molecule has 0 unspecified atom stereocenters. The number of nitrogens with zero attached hydrogens (tertiary/aromatic N) is 1. The summed E-state index contributed by atoms with van der Waals surface area (Å²) in [5.74, 6) is 0.869. The summed E-state index contributed by atoms with van der Waals surface area (Å²) in [6, 6.07) is 12.3. The Balaban J connectivity index is 1.95. The second-order valence-corrected chi connectivity index (χ2v) is 7.76. The maximum Gasteiger partial charge on any atom is 0.262 e. The van der Waals surface area contributed by atoms with Crippen LogP contribution in [0, 0.1) is 19.8 Å². The number of ether oxygens (including phenoxy) is 2. The number of benzene rings is 2. The molecule has 7 heteroatoms. The van der Waals surface area contributed by atoms with Crippen molar-refractivity contribution in [3.8, 4) is 11.5 Å². The summed E-state index contributed by atoms with van der Waals surface area (Å²) in [6.45, 7) is 7.65. The zero-order valence-electron chi connectivity index (χ0n) is 18.8. The molecule has 0 heterocycles. The average molecular weight is 426 g/mol. The highest BCUT2D eigenvalue weighted by Crippen LogP contribution is 2.16. The maximum absolute atomic E-state index is 12.6. The molecule has 0 fully saturated rings. The molecule has 0 aliphatic rings. The topological polar surface area (TPSA) is 89.0 Å². The van der Waals surface area contributed by atoms with Gasteiger partial charge in [-0.1, -0.05) is 32.0 Å². The molecule has 2 rings (SSSR count). The molecule has 0 saturated heterocycles. The van der Waals surface area contributed by atoms with Crippen molar-refractivity contribution in [3.05, 3.63) is 59.2 Å². The summed E-state index contributed by atoms with van der Waals surface area (Å²) in [7, 11) is 1.61. The Bertz CT molecular complexity index is 925. The lowest BCUT2D eigenvalue weighted by molar-refractivity contribution is -0.130. The fourth-order valence-corrected chi connectivity index (χ4v) is 2.96. The van der Waals surface area contributed by atoms with E-state index in [1.807, 2.05) is 64.1 Å². The minimum atomic E-state index is -0.706. The molecule has 2 N–H and O–H groups in total. The van der Waals surface area contributed by atoms with Gasteiger partial charge in [-0.3, -0.25) is 9.59 Å². The number of methoxy groups -OCH3 is 1. The number of hydrogen-bond acceptors (Lipinski definition) is 5. The fourth-order valence-electron chi connectivity index (χ4n) is 2.96. The van der Waals surface area contributed by atoms with E-state index in [4.69, 9.17) is 9.47 Å². The van der Waals surface area contributed by atoms with E-state index in [9.17, 15) is 9.59 Å². The highest BCUT2D eigenvalue weighted by molar-refractivity contribution is 5.89. The van der Waals surface area contributed by atoms with Gasteiger partial charge in [-0.2, -0.15) is 5.10 Å². The second kappa shape index (κ2) is 11.7. The van der Waals surface area contributed by atoms with Gasteiger partial charge in [-0.15, -0.1) is 0 Å². The molecule has 0 aliphatic carbocycles. The first-order valence-electron chi connectivity index (χ1n) is 10.3. The van der Waals surface area contributed by atoms with E-state index < -0.39 is 6.04 Å². The van der Waals surface area contributed by atoms with Crippen LogP contribution < -0.4 is 20.2 Å². The van der Waals surface area contributed by atoms with Crippen LogP contribution in [0.4, 0.5) is 0 Å². The smallest absolute Gasteiger partial charge is 0.262 e. The third-order valence-electron chi connectivity index (χ3n) is 4.67. The molecular weight excluding hydrogens is 394 g/mol. The number of rotatable bonds is 10. The zero-order valence-corrected chi connectivity index (χ0v) is 18.8. The van der Waals surface area contributed by atoms with Crippen LogP contribution in [0.15, 0.2) is 47.6 Å². The Morgan fingerprint density at radius 3 is 2.48 bits per heavy atom. The first kappa shape index (κ1) is 23.9. The van der Waals surface area contributed by atoms with Crippen molar-refractivity contribution in [1.29, 1.82) is 0 Å². The molecule has 2 amide bonds. The van der Waals surface area contributed by atoms with Crippen LogP contribution in [-0.2, 0) is 9.59 Å². The number of aryl methyl sites for hydroxylation is 2. The van der Waals surface area contributed by atoms with Crippen LogP contribution in [0.25, 0.3) is 0 Å². The zero-order chi connectivity index (χ0) is 22.8. The Kier molecular flexibility index (Phi) is 9.06. The molecule has 0 aliphatic heterocycles. The molecule has 166 valence electrons. The van der Waals surface area contributed by atoms with Crippen LogP contribution in [-0.4, -0.2) is 37.8 Å². The van der Waals surface area contributed by atoms with Gasteiger partial charge in [-0.05, 0) is 67.1 Å². The van der Waals surface area contributed by atoms with Crippen molar-refractivity contribution >= 4 is 18.0 Å². The normalized spacial score (nSPS) is 11.9. The van der Waals surface area contributed by atoms with Gasteiger partial charge in [0.05, 0.1) is 13.3 Å². The molecule has 1 atom stereocenters. The molecule has 2 aromatic rings. The van der Waals surface area contributed by atoms with Crippen molar-refractivity contribution in [2.45, 2.75) is 40.2 Å². The van der Waals surface area contributed by atoms with Gasteiger partial charge in [0.15, 0.2) is 6.61 Å². The highest BCUT2D eigenvalue weighted by atomic mass is 16.5. The lowest BCUT2D eigenvalue weighted by Crippen LogP contribution is -2.47. The Labute approximate surface area is 183 Å². The second-order valence-electron chi connectivity index (χ2n) is 7.76. The molecule has 2 aromatic carbocycles. The van der Waals surface area contributed by atoms with Crippen molar-refractivity contribution in [1.82, 2.24) is 10.7 Å². The standard InChI is InChI=1S/C24H31N3O4/c1-16(2)12-21(26-23(28)15-31-22-9-7-6-8-17(22)3)24(29)27-25-14-19-10-11-20(30-5)13-18(19)4/h6-11,13-14,16,21H,12,15H2,1-5H3,(H,26,28)(H,27,29)/b25-14-/t21-/m0/s1. The number of hydrazone groups is 1. The van der Waals surface area contributed by atoms with Crippen LogP contribution in [0.1, 0.15) is 37.0 Å². The molecule has 0 spiro atoms. The number of para-hydroxylation sites is 1. The average Bonchev–Trinajstić information content (AvgIpc) is 2.73. The number of carbonyl (C=O) groups is 2. The molecule has 7 nitrogen and oxygen atoms in total. The van der Waals surface area contributed by atoms with E-state index in [1.54, 1.807) is 19.4 Å². The lowest BCUT2D eigenvalue weighted by atomic mass is 10.0. The van der Waals surface area contributed by atoms with Crippen molar-refractivity contribution in [2.75, 3.05) is 13.7 Å². The van der Waals surface area contributed by atoms with E-state index in [1.165, 1.54) is 0 Å². The Hall–Kier alpha value is -3.35. The number of nitrogens with one attached hydrogen (secondary N) is 2. The van der Waals surface area contributed by atoms with Gasteiger partial charge in [-0.25, -0.2) is 5.43 Å². The van der Waals surface area contributed by atoms with Crippen molar-refractivity contribution < 1.29 is 19.1 Å². The van der Waals surface area contributed by atoms with E-state index in [0.717, 1.165) is 22.4 Å². The van der Waals surface area contributed by atoms with Gasteiger partial charge < -0.3 is 14.8 Å². The summed E-state index contributed by atoms with van der Waals surface area (Å²) in [6.07, 6.45) is 2.06. The van der Waals surface area contributed by atoms with Gasteiger partial charge >= 0.3 is 0 Å². The van der Waals surface area contributed by atoms with E-state index in [2.05, 4.69) is 15.8 Å². The van der Waals surface area contributed by atoms with Gasteiger partial charge in [0.2, 0.25) is 0 Å². The monoisotopic (exact) mass is 425 g/mol. The van der Waals surface area contributed by atoms with Crippen molar-refractivity contribution in [2.24, 2.45) is 11.0 Å². The molecule has 0 saturated carbocycles. The highest BCUT2D eigenvalue weighted by Gasteiger charge is 2.22. The summed E-state index contributed by atoms with van der Waals surface area (Å²) in [5, 5.41) is 6.80. The summed E-state index contributed by atoms with van der Waals surface area (Å²) in [5.41, 5.74) is 5.29. The summed E-state index contributed by atoms with van der Waals surface area (Å²) < 4.78 is 10.8. The maximum atomic E-state index is 12.6. The van der Waals surface area contributed by atoms with Crippen LogP contribution in [0.5, 0.6) is 11.5 Å². The molecule has 31 heavy (non-hydrogen) atoms. The van der Waals surface area contributed by atoms with E-state index >= 15 is 0 Å². The lowest BCUT2D eigenvalue weighted by Gasteiger charge is -2.19. The van der Waals surface area contributed by atoms with Crippen LogP contribution in [0.3, 0.4) is 0 Å².